The first-order chi connectivity index (χ1) is 7.93. The van der Waals surface area contributed by atoms with Gasteiger partial charge in [-0.05, 0) is 12.1 Å². The summed E-state index contributed by atoms with van der Waals surface area (Å²) in [6.45, 7) is 0. The van der Waals surface area contributed by atoms with Crippen molar-refractivity contribution in [3.8, 4) is 0 Å². The van der Waals surface area contributed by atoms with Crippen molar-refractivity contribution in [3.05, 3.63) is 34.4 Å². The lowest BCUT2D eigenvalue weighted by Gasteiger charge is -2.04. The van der Waals surface area contributed by atoms with Gasteiger partial charge in [0, 0.05) is 0 Å². The Labute approximate surface area is 93.7 Å². The van der Waals surface area contributed by atoms with Gasteiger partial charge in [0.2, 0.25) is 0 Å². The van der Waals surface area contributed by atoms with Gasteiger partial charge in [0.05, 0.1) is 22.3 Å². The molecule has 0 saturated carbocycles. The lowest BCUT2D eigenvalue weighted by Crippen LogP contribution is -2.21. The van der Waals surface area contributed by atoms with E-state index in [1.165, 1.54) is 0 Å². The summed E-state index contributed by atoms with van der Waals surface area (Å²) in [5.74, 6) is -4.67. The highest BCUT2D eigenvalue weighted by atomic mass is 16.4. The molecular formula is C10H5NO6. The number of carbonyl (C=O) groups is 4. The van der Waals surface area contributed by atoms with E-state index in [2.05, 4.69) is 0 Å². The fraction of sp³-hybridized carbons (Fsp3) is 0. The van der Waals surface area contributed by atoms with E-state index in [0.717, 1.165) is 12.1 Å². The average Bonchev–Trinajstić information content (AvgIpc) is 2.53. The van der Waals surface area contributed by atoms with Gasteiger partial charge in [-0.1, -0.05) is 0 Å². The van der Waals surface area contributed by atoms with Crippen LogP contribution in [-0.2, 0) is 0 Å². The Bertz CT molecular complexity index is 589. The van der Waals surface area contributed by atoms with Gasteiger partial charge in [0.15, 0.2) is 0 Å². The first-order valence-corrected chi connectivity index (χ1v) is 4.42. The smallest absolute Gasteiger partial charge is 0.337 e. The second-order valence-electron chi connectivity index (χ2n) is 3.30. The van der Waals surface area contributed by atoms with Gasteiger partial charge in [-0.15, -0.1) is 0 Å². The van der Waals surface area contributed by atoms with Crippen LogP contribution in [0.15, 0.2) is 12.1 Å². The van der Waals surface area contributed by atoms with E-state index in [1.54, 1.807) is 0 Å². The molecular weight excluding hydrogens is 230 g/mol. The topological polar surface area (TPSA) is 121 Å². The van der Waals surface area contributed by atoms with Crippen molar-refractivity contribution in [2.24, 2.45) is 0 Å². The molecule has 17 heavy (non-hydrogen) atoms. The number of rotatable bonds is 2. The summed E-state index contributed by atoms with van der Waals surface area (Å²) in [6, 6.07) is 2.11. The first-order valence-electron chi connectivity index (χ1n) is 4.42. The molecule has 0 aromatic heterocycles. The molecule has 0 fully saturated rings. The van der Waals surface area contributed by atoms with Crippen molar-refractivity contribution < 1.29 is 29.4 Å². The van der Waals surface area contributed by atoms with Crippen molar-refractivity contribution in [1.29, 1.82) is 0 Å². The molecule has 0 unspecified atom stereocenters. The predicted octanol–water partition coefficient (Wildman–Crippen LogP) is -0.0334. The Morgan fingerprint density at radius 2 is 1.65 bits per heavy atom. The summed E-state index contributed by atoms with van der Waals surface area (Å²) >= 11 is 0. The van der Waals surface area contributed by atoms with Crippen molar-refractivity contribution in [1.82, 2.24) is 5.32 Å². The molecule has 1 aromatic rings. The van der Waals surface area contributed by atoms with Crippen molar-refractivity contribution in [2.45, 2.75) is 0 Å². The lowest BCUT2D eigenvalue weighted by molar-refractivity contribution is 0.0649. The van der Waals surface area contributed by atoms with Gasteiger partial charge < -0.3 is 10.2 Å². The third-order valence-electron chi connectivity index (χ3n) is 2.35. The second kappa shape index (κ2) is 3.41. The van der Waals surface area contributed by atoms with E-state index < -0.39 is 40.4 Å². The molecule has 0 bridgehead atoms. The summed E-state index contributed by atoms with van der Waals surface area (Å²) in [4.78, 5) is 44.5. The quantitative estimate of drug-likeness (QED) is 0.619. The maximum Gasteiger partial charge on any atom is 0.337 e. The van der Waals surface area contributed by atoms with Crippen molar-refractivity contribution in [2.75, 3.05) is 0 Å². The van der Waals surface area contributed by atoms with Gasteiger partial charge >= 0.3 is 11.9 Å². The molecule has 7 nitrogen and oxygen atoms in total. The Balaban J connectivity index is 2.84. The maximum absolute atomic E-state index is 11.4. The minimum absolute atomic E-state index is 0.127. The molecule has 3 N–H and O–H groups in total. The van der Waals surface area contributed by atoms with Crippen LogP contribution in [0.1, 0.15) is 41.4 Å². The maximum atomic E-state index is 11.4. The Morgan fingerprint density at radius 1 is 1.00 bits per heavy atom. The number of carboxylic acids is 2. The third kappa shape index (κ3) is 1.44. The van der Waals surface area contributed by atoms with E-state index >= 15 is 0 Å². The van der Waals surface area contributed by atoms with Gasteiger partial charge in [-0.25, -0.2) is 9.59 Å². The summed E-state index contributed by atoms with van der Waals surface area (Å²) < 4.78 is 0. The Kier molecular flexibility index (Phi) is 2.17. The molecule has 0 spiro atoms. The van der Waals surface area contributed by atoms with Gasteiger partial charge in [0.1, 0.15) is 0 Å². The highest BCUT2D eigenvalue weighted by molar-refractivity contribution is 6.26. The van der Waals surface area contributed by atoms with Crippen LogP contribution in [0.4, 0.5) is 0 Å². The van der Waals surface area contributed by atoms with Crippen LogP contribution in [0, 0.1) is 0 Å². The van der Waals surface area contributed by atoms with Gasteiger partial charge in [-0.2, -0.15) is 0 Å². The molecule has 7 heteroatoms. The zero-order valence-corrected chi connectivity index (χ0v) is 8.18. The third-order valence-corrected chi connectivity index (χ3v) is 2.35. The number of carbonyl (C=O) groups excluding carboxylic acids is 2. The fourth-order valence-corrected chi connectivity index (χ4v) is 1.66. The zero-order chi connectivity index (χ0) is 12.7. The molecule has 0 saturated heterocycles. The van der Waals surface area contributed by atoms with Crippen LogP contribution >= 0.6 is 0 Å². The number of fused-ring (bicyclic) bond motifs is 1. The van der Waals surface area contributed by atoms with Crippen LogP contribution in [0.25, 0.3) is 0 Å². The van der Waals surface area contributed by atoms with Crippen LogP contribution in [0.5, 0.6) is 0 Å². The number of amides is 2. The monoisotopic (exact) mass is 235 g/mol. The van der Waals surface area contributed by atoms with Crippen molar-refractivity contribution >= 4 is 23.8 Å². The number of nitrogens with one attached hydrogen (secondary N) is 1. The molecule has 2 amide bonds. The summed E-state index contributed by atoms with van der Waals surface area (Å²) in [7, 11) is 0. The molecule has 0 atom stereocenters. The molecule has 2 rings (SSSR count). The van der Waals surface area contributed by atoms with Gasteiger partial charge in [-0.3, -0.25) is 14.9 Å². The highest BCUT2D eigenvalue weighted by Gasteiger charge is 2.34. The molecule has 1 heterocycles. The largest absolute Gasteiger partial charge is 0.478 e. The van der Waals surface area contributed by atoms with Crippen LogP contribution < -0.4 is 5.32 Å². The van der Waals surface area contributed by atoms with E-state index in [0.29, 0.717) is 0 Å². The minimum Gasteiger partial charge on any atom is -0.478 e. The summed E-state index contributed by atoms with van der Waals surface area (Å²) in [5, 5.41) is 19.7. The van der Waals surface area contributed by atoms with E-state index in [1.807, 2.05) is 5.32 Å². The van der Waals surface area contributed by atoms with E-state index in [4.69, 9.17) is 10.2 Å². The molecule has 1 aliphatic rings. The predicted molar refractivity (Wildman–Crippen MR) is 52.2 cm³/mol. The molecule has 0 radical (unpaired) electrons. The zero-order valence-electron chi connectivity index (χ0n) is 8.18. The SMILES string of the molecule is O=C(O)c1ccc2c(c1C(=O)O)C(=O)NC2=O. The molecule has 0 aliphatic carbocycles. The number of aromatic carboxylic acids is 2. The molecule has 86 valence electrons. The fourth-order valence-electron chi connectivity index (χ4n) is 1.66. The van der Waals surface area contributed by atoms with Crippen LogP contribution in [0.2, 0.25) is 0 Å². The summed E-state index contributed by atoms with van der Waals surface area (Å²) in [6.07, 6.45) is 0. The number of hydrogen-bond acceptors (Lipinski definition) is 4. The number of benzene rings is 1. The number of hydrogen-bond donors (Lipinski definition) is 3. The Hall–Kier alpha value is -2.70. The second-order valence-corrected chi connectivity index (χ2v) is 3.30. The van der Waals surface area contributed by atoms with Crippen molar-refractivity contribution in [3.63, 3.8) is 0 Å². The average molecular weight is 235 g/mol. The van der Waals surface area contributed by atoms with Crippen LogP contribution in [0.3, 0.4) is 0 Å². The highest BCUT2D eigenvalue weighted by Crippen LogP contribution is 2.23. The van der Waals surface area contributed by atoms with E-state index in [9.17, 15) is 19.2 Å². The number of carboxylic acid groups (broad SMARTS) is 2. The van der Waals surface area contributed by atoms with Gasteiger partial charge in [0.25, 0.3) is 11.8 Å². The molecule has 1 aliphatic heterocycles. The molecule has 1 aromatic carbocycles. The Morgan fingerprint density at radius 3 is 2.18 bits per heavy atom. The standard InChI is InChI=1S/C10H5NO6/c12-7-3-1-2-4(9(14)15)6(10(16)17)5(3)8(13)11-7/h1-2H,(H,14,15)(H,16,17)(H,11,12,13). The normalized spacial score (nSPS) is 13.2. The number of imide groups is 1. The summed E-state index contributed by atoms with van der Waals surface area (Å²) in [5.41, 5.74) is -1.72. The first kappa shape index (κ1) is 10.8. The lowest BCUT2D eigenvalue weighted by atomic mass is 9.97. The van der Waals surface area contributed by atoms with Crippen LogP contribution in [-0.4, -0.2) is 34.0 Å². The van der Waals surface area contributed by atoms with E-state index in [-0.39, 0.29) is 5.56 Å². The minimum atomic E-state index is -1.57.